The molecule has 68 valence electrons. The van der Waals surface area contributed by atoms with Crippen molar-refractivity contribution in [2.24, 2.45) is 0 Å². The molecule has 0 fully saturated rings. The zero-order valence-corrected chi connectivity index (χ0v) is 9.15. The van der Waals surface area contributed by atoms with Gasteiger partial charge < -0.3 is 5.32 Å². The summed E-state index contributed by atoms with van der Waals surface area (Å²) in [6, 6.07) is 2.11. The molecule has 0 radical (unpaired) electrons. The molecule has 0 saturated heterocycles. The van der Waals surface area contributed by atoms with Crippen molar-refractivity contribution < 1.29 is 0 Å². The Balaban J connectivity index is 1.93. The average molecular weight is 258 g/mol. The molecule has 2 rings (SSSR count). The third-order valence-corrected chi connectivity index (χ3v) is 3.17. The first-order valence-electron chi connectivity index (χ1n) is 3.80. The van der Waals surface area contributed by atoms with Crippen LogP contribution in [0.4, 0.5) is 5.69 Å². The van der Waals surface area contributed by atoms with Crippen molar-refractivity contribution in [1.82, 2.24) is 10.2 Å². The van der Waals surface area contributed by atoms with Crippen LogP contribution >= 0.6 is 27.3 Å². The van der Waals surface area contributed by atoms with E-state index in [9.17, 15) is 0 Å². The highest BCUT2D eigenvalue weighted by molar-refractivity contribution is 9.11. The van der Waals surface area contributed by atoms with Crippen LogP contribution in [0.25, 0.3) is 0 Å². The summed E-state index contributed by atoms with van der Waals surface area (Å²) in [5.74, 6) is 0. The van der Waals surface area contributed by atoms with Crippen molar-refractivity contribution >= 4 is 33.0 Å². The average Bonchev–Trinajstić information content (AvgIpc) is 2.71. The lowest BCUT2D eigenvalue weighted by molar-refractivity contribution is 1.09. The fourth-order valence-electron chi connectivity index (χ4n) is 0.990. The molecule has 2 N–H and O–H groups in total. The number of H-pyrrole nitrogens is 1. The molecule has 2 aromatic rings. The number of aromatic nitrogens is 2. The fraction of sp³-hybridized carbons (Fsp3) is 0.125. The molecule has 2 aromatic heterocycles. The van der Waals surface area contributed by atoms with E-state index < -0.39 is 0 Å². The van der Waals surface area contributed by atoms with Gasteiger partial charge in [-0.05, 0) is 32.9 Å². The van der Waals surface area contributed by atoms with Gasteiger partial charge in [0.25, 0.3) is 0 Å². The van der Waals surface area contributed by atoms with Gasteiger partial charge in [0.15, 0.2) is 0 Å². The van der Waals surface area contributed by atoms with E-state index in [-0.39, 0.29) is 0 Å². The highest BCUT2D eigenvalue weighted by Gasteiger charge is 1.97. The maximum atomic E-state index is 3.85. The first-order valence-corrected chi connectivity index (χ1v) is 5.47. The van der Waals surface area contributed by atoms with Crippen LogP contribution in [0.3, 0.4) is 0 Å². The van der Waals surface area contributed by atoms with Crippen LogP contribution in [0.5, 0.6) is 0 Å². The Morgan fingerprint density at radius 2 is 2.54 bits per heavy atom. The summed E-state index contributed by atoms with van der Waals surface area (Å²) in [5.41, 5.74) is 2.29. The van der Waals surface area contributed by atoms with Gasteiger partial charge in [-0.2, -0.15) is 5.10 Å². The maximum Gasteiger partial charge on any atom is 0.0726 e. The maximum absolute atomic E-state index is 3.85. The molecule has 0 bridgehead atoms. The molecule has 0 spiro atoms. The second-order valence-electron chi connectivity index (χ2n) is 2.60. The van der Waals surface area contributed by atoms with Crippen LogP contribution in [-0.4, -0.2) is 10.2 Å². The number of halogens is 1. The summed E-state index contributed by atoms with van der Waals surface area (Å²) in [6.45, 7) is 0.835. The largest absolute Gasteiger partial charge is 0.378 e. The molecule has 0 aliphatic rings. The number of nitrogens with zero attached hydrogens (tertiary/aromatic N) is 1. The van der Waals surface area contributed by atoms with Gasteiger partial charge in [-0.15, -0.1) is 11.3 Å². The van der Waals surface area contributed by atoms with E-state index in [1.165, 1.54) is 5.56 Å². The molecule has 0 aromatic carbocycles. The topological polar surface area (TPSA) is 40.7 Å². The van der Waals surface area contributed by atoms with Crippen LogP contribution in [0.1, 0.15) is 5.56 Å². The minimum atomic E-state index is 0.835. The van der Waals surface area contributed by atoms with Gasteiger partial charge >= 0.3 is 0 Å². The highest BCUT2D eigenvalue weighted by atomic mass is 79.9. The summed E-state index contributed by atoms with van der Waals surface area (Å²) >= 11 is 5.12. The predicted octanol–water partition coefficient (Wildman–Crippen LogP) is 2.85. The minimum Gasteiger partial charge on any atom is -0.378 e. The van der Waals surface area contributed by atoms with Crippen molar-refractivity contribution in [3.8, 4) is 0 Å². The molecule has 0 atom stereocenters. The monoisotopic (exact) mass is 257 g/mol. The van der Waals surface area contributed by atoms with E-state index >= 15 is 0 Å². The SMILES string of the molecule is Brc1cc(CNc2cn[nH]c2)cs1. The minimum absolute atomic E-state index is 0.835. The van der Waals surface area contributed by atoms with Crippen molar-refractivity contribution in [3.05, 3.63) is 33.2 Å². The molecule has 0 amide bonds. The van der Waals surface area contributed by atoms with E-state index in [1.807, 2.05) is 6.20 Å². The smallest absolute Gasteiger partial charge is 0.0726 e. The van der Waals surface area contributed by atoms with E-state index in [1.54, 1.807) is 17.5 Å². The normalized spacial score (nSPS) is 10.2. The van der Waals surface area contributed by atoms with Crippen LogP contribution in [0, 0.1) is 0 Å². The third kappa shape index (κ3) is 2.32. The van der Waals surface area contributed by atoms with Gasteiger partial charge in [0.2, 0.25) is 0 Å². The molecule has 3 nitrogen and oxygen atoms in total. The van der Waals surface area contributed by atoms with Crippen molar-refractivity contribution in [3.63, 3.8) is 0 Å². The van der Waals surface area contributed by atoms with E-state index in [4.69, 9.17) is 0 Å². The Morgan fingerprint density at radius 3 is 3.15 bits per heavy atom. The molecule has 0 saturated carbocycles. The van der Waals surface area contributed by atoms with E-state index in [0.29, 0.717) is 0 Å². The van der Waals surface area contributed by atoms with Crippen LogP contribution in [-0.2, 0) is 6.54 Å². The second kappa shape index (κ2) is 3.93. The van der Waals surface area contributed by atoms with E-state index in [2.05, 4.69) is 42.9 Å². The Morgan fingerprint density at radius 1 is 1.62 bits per heavy atom. The van der Waals surface area contributed by atoms with Gasteiger partial charge in [0, 0.05) is 12.7 Å². The Hall–Kier alpha value is -0.810. The number of aromatic amines is 1. The van der Waals surface area contributed by atoms with Crippen molar-refractivity contribution in [2.45, 2.75) is 6.54 Å². The zero-order chi connectivity index (χ0) is 9.10. The van der Waals surface area contributed by atoms with Crippen molar-refractivity contribution in [1.29, 1.82) is 0 Å². The highest BCUT2D eigenvalue weighted by Crippen LogP contribution is 2.21. The molecule has 5 heteroatoms. The van der Waals surface area contributed by atoms with Crippen LogP contribution in [0.15, 0.2) is 27.6 Å². The third-order valence-electron chi connectivity index (χ3n) is 1.62. The molecule has 13 heavy (non-hydrogen) atoms. The standard InChI is InChI=1S/C8H8BrN3S/c9-8-1-6(5-13-8)2-10-7-3-11-12-4-7/h1,3-5,10H,2H2,(H,11,12). The van der Waals surface area contributed by atoms with Gasteiger partial charge in [-0.3, -0.25) is 5.10 Å². The number of anilines is 1. The lowest BCUT2D eigenvalue weighted by Crippen LogP contribution is -1.95. The summed E-state index contributed by atoms with van der Waals surface area (Å²) in [7, 11) is 0. The van der Waals surface area contributed by atoms with Crippen LogP contribution in [0.2, 0.25) is 0 Å². The summed E-state index contributed by atoms with van der Waals surface area (Å²) in [6.07, 6.45) is 3.60. The summed E-state index contributed by atoms with van der Waals surface area (Å²) in [5, 5.41) is 12.0. The molecular formula is C8H8BrN3S. The van der Waals surface area contributed by atoms with Crippen molar-refractivity contribution in [2.75, 3.05) is 5.32 Å². The van der Waals surface area contributed by atoms with Crippen LogP contribution < -0.4 is 5.32 Å². The van der Waals surface area contributed by atoms with Gasteiger partial charge in [0.1, 0.15) is 0 Å². The number of hydrogen-bond donors (Lipinski definition) is 2. The molecule has 0 unspecified atom stereocenters. The quantitative estimate of drug-likeness (QED) is 0.888. The molecule has 0 aliphatic heterocycles. The Bertz CT molecular complexity index is 368. The zero-order valence-electron chi connectivity index (χ0n) is 6.75. The molecule has 0 aliphatic carbocycles. The molecular weight excluding hydrogens is 250 g/mol. The van der Waals surface area contributed by atoms with Gasteiger partial charge in [0.05, 0.1) is 15.7 Å². The van der Waals surface area contributed by atoms with E-state index in [0.717, 1.165) is 16.0 Å². The number of rotatable bonds is 3. The number of thiophene rings is 1. The first-order chi connectivity index (χ1) is 6.34. The summed E-state index contributed by atoms with van der Waals surface area (Å²) in [4.78, 5) is 0. The fourth-order valence-corrected chi connectivity index (χ4v) is 2.20. The second-order valence-corrected chi connectivity index (χ2v) is 4.89. The number of nitrogens with one attached hydrogen (secondary N) is 2. The lowest BCUT2D eigenvalue weighted by Gasteiger charge is -1.99. The van der Waals surface area contributed by atoms with Gasteiger partial charge in [-0.1, -0.05) is 0 Å². The number of hydrogen-bond acceptors (Lipinski definition) is 3. The first kappa shape index (κ1) is 8.77. The predicted molar refractivity (Wildman–Crippen MR) is 57.9 cm³/mol. The van der Waals surface area contributed by atoms with Gasteiger partial charge in [-0.25, -0.2) is 0 Å². The summed E-state index contributed by atoms with van der Waals surface area (Å²) < 4.78 is 1.16. The Kier molecular flexibility index (Phi) is 2.65. The Labute approximate surface area is 88.3 Å². The lowest BCUT2D eigenvalue weighted by atomic mass is 10.3. The molecule has 2 heterocycles.